The summed E-state index contributed by atoms with van der Waals surface area (Å²) in [5.41, 5.74) is 1.86. The van der Waals surface area contributed by atoms with Gasteiger partial charge in [0, 0.05) is 18.1 Å². The van der Waals surface area contributed by atoms with Crippen LogP contribution in [0.3, 0.4) is 0 Å². The maximum absolute atomic E-state index is 12.5. The molecule has 2 aromatic carbocycles. The molecule has 1 fully saturated rings. The molecular formula is C21H22ClNO4. The molecule has 0 bridgehead atoms. The number of carboxylic acid groups (broad SMARTS) is 1. The first-order chi connectivity index (χ1) is 12.9. The number of likely N-dealkylation sites (tertiary alicyclic amines) is 1. The van der Waals surface area contributed by atoms with Crippen LogP contribution in [0, 0.1) is 5.92 Å². The maximum Gasteiger partial charge on any atom is 0.335 e. The summed E-state index contributed by atoms with van der Waals surface area (Å²) in [6.45, 7) is 1.22. The highest BCUT2D eigenvalue weighted by Crippen LogP contribution is 2.31. The van der Waals surface area contributed by atoms with Gasteiger partial charge in [0.2, 0.25) is 5.91 Å². The second kappa shape index (κ2) is 8.55. The van der Waals surface area contributed by atoms with Crippen LogP contribution in [-0.2, 0) is 11.2 Å². The SMILES string of the molecule is O=C(O)c1ccc(CC(=O)N2CCC(C(O)c3ccc(Cl)cc3)CC2)cc1. The molecule has 0 aromatic heterocycles. The molecule has 0 radical (unpaired) electrons. The van der Waals surface area contributed by atoms with Crippen LogP contribution in [0.25, 0.3) is 0 Å². The van der Waals surface area contributed by atoms with Gasteiger partial charge in [-0.2, -0.15) is 0 Å². The first-order valence-electron chi connectivity index (χ1n) is 8.97. The molecule has 1 unspecified atom stereocenters. The number of nitrogens with zero attached hydrogens (tertiary/aromatic N) is 1. The van der Waals surface area contributed by atoms with Crippen molar-refractivity contribution in [1.29, 1.82) is 0 Å². The third-order valence-corrected chi connectivity index (χ3v) is 5.36. The Kier molecular flexibility index (Phi) is 6.14. The summed E-state index contributed by atoms with van der Waals surface area (Å²) in [4.78, 5) is 25.2. The second-order valence-electron chi connectivity index (χ2n) is 6.89. The van der Waals surface area contributed by atoms with Gasteiger partial charge >= 0.3 is 5.97 Å². The molecule has 0 saturated carbocycles. The Bertz CT molecular complexity index is 796. The van der Waals surface area contributed by atoms with E-state index in [1.807, 2.05) is 17.0 Å². The zero-order valence-corrected chi connectivity index (χ0v) is 15.6. The lowest BCUT2D eigenvalue weighted by atomic mass is 9.87. The minimum absolute atomic E-state index is 0.0255. The van der Waals surface area contributed by atoms with Crippen molar-refractivity contribution in [2.75, 3.05) is 13.1 Å². The molecule has 1 amide bonds. The Hall–Kier alpha value is -2.37. The van der Waals surface area contributed by atoms with Crippen LogP contribution >= 0.6 is 11.6 Å². The number of carbonyl (C=O) groups excluding carboxylic acids is 1. The van der Waals surface area contributed by atoms with Crippen molar-refractivity contribution in [1.82, 2.24) is 4.90 Å². The Labute approximate surface area is 163 Å². The minimum atomic E-state index is -0.978. The van der Waals surface area contributed by atoms with Gasteiger partial charge in [-0.05, 0) is 54.2 Å². The van der Waals surface area contributed by atoms with Gasteiger partial charge in [-0.25, -0.2) is 4.79 Å². The van der Waals surface area contributed by atoms with E-state index in [2.05, 4.69) is 0 Å². The molecule has 0 spiro atoms. The van der Waals surface area contributed by atoms with Gasteiger partial charge < -0.3 is 15.1 Å². The molecule has 1 heterocycles. The quantitative estimate of drug-likeness (QED) is 0.822. The van der Waals surface area contributed by atoms with Crippen molar-refractivity contribution < 1.29 is 19.8 Å². The lowest BCUT2D eigenvalue weighted by Gasteiger charge is -2.34. The van der Waals surface area contributed by atoms with E-state index in [1.54, 1.807) is 24.3 Å². The average Bonchev–Trinajstić information content (AvgIpc) is 2.68. The van der Waals surface area contributed by atoms with Crippen molar-refractivity contribution in [3.05, 3.63) is 70.2 Å². The number of hydrogen-bond acceptors (Lipinski definition) is 3. The number of piperidine rings is 1. The van der Waals surface area contributed by atoms with Crippen LogP contribution in [0.15, 0.2) is 48.5 Å². The first-order valence-corrected chi connectivity index (χ1v) is 9.35. The molecule has 1 aliphatic rings. The minimum Gasteiger partial charge on any atom is -0.478 e. The lowest BCUT2D eigenvalue weighted by molar-refractivity contribution is -0.132. The molecule has 2 N–H and O–H groups in total. The largest absolute Gasteiger partial charge is 0.478 e. The molecule has 3 rings (SSSR count). The molecule has 1 saturated heterocycles. The summed E-state index contributed by atoms with van der Waals surface area (Å²) in [5, 5.41) is 20.1. The molecule has 2 aromatic rings. The number of benzene rings is 2. The number of rotatable bonds is 5. The smallest absolute Gasteiger partial charge is 0.335 e. The summed E-state index contributed by atoms with van der Waals surface area (Å²) >= 11 is 5.89. The fourth-order valence-corrected chi connectivity index (χ4v) is 3.57. The maximum atomic E-state index is 12.5. The van der Waals surface area contributed by atoms with Gasteiger partial charge in [0.15, 0.2) is 0 Å². The van der Waals surface area contributed by atoms with Crippen LogP contribution in [0.1, 0.15) is 40.4 Å². The Morgan fingerprint density at radius 3 is 2.19 bits per heavy atom. The van der Waals surface area contributed by atoms with Gasteiger partial charge in [-0.15, -0.1) is 0 Å². The highest BCUT2D eigenvalue weighted by molar-refractivity contribution is 6.30. The first kappa shape index (κ1) is 19.4. The molecule has 5 nitrogen and oxygen atoms in total. The predicted octanol–water partition coefficient (Wildman–Crippen LogP) is 3.55. The van der Waals surface area contributed by atoms with Crippen molar-refractivity contribution in [3.8, 4) is 0 Å². The average molecular weight is 388 g/mol. The van der Waals surface area contributed by atoms with E-state index in [0.29, 0.717) is 18.1 Å². The molecule has 1 atom stereocenters. The number of halogens is 1. The Morgan fingerprint density at radius 1 is 1.04 bits per heavy atom. The number of hydrogen-bond donors (Lipinski definition) is 2. The molecule has 142 valence electrons. The normalized spacial score (nSPS) is 16.1. The number of amides is 1. The topological polar surface area (TPSA) is 77.8 Å². The highest BCUT2D eigenvalue weighted by Gasteiger charge is 2.28. The van der Waals surface area contributed by atoms with E-state index < -0.39 is 12.1 Å². The number of aliphatic hydroxyl groups is 1. The van der Waals surface area contributed by atoms with Gasteiger partial charge in [-0.1, -0.05) is 35.9 Å². The standard InChI is InChI=1S/C21H22ClNO4/c22-18-7-5-15(6-8-18)20(25)16-9-11-23(12-10-16)19(24)13-14-1-3-17(4-2-14)21(26)27/h1-8,16,20,25H,9-13H2,(H,26,27). The third-order valence-electron chi connectivity index (χ3n) is 5.11. The number of carbonyl (C=O) groups is 2. The lowest BCUT2D eigenvalue weighted by Crippen LogP contribution is -2.40. The summed E-state index contributed by atoms with van der Waals surface area (Å²) in [7, 11) is 0. The van der Waals surface area contributed by atoms with Gasteiger partial charge in [-0.3, -0.25) is 4.79 Å². The van der Waals surface area contributed by atoms with Crippen molar-refractivity contribution in [3.63, 3.8) is 0 Å². The second-order valence-corrected chi connectivity index (χ2v) is 7.33. The Balaban J connectivity index is 1.53. The summed E-state index contributed by atoms with van der Waals surface area (Å²) in [6, 6.07) is 13.6. The van der Waals surface area contributed by atoms with E-state index >= 15 is 0 Å². The van der Waals surface area contributed by atoms with Crippen LogP contribution in [-0.4, -0.2) is 40.1 Å². The van der Waals surface area contributed by atoms with Crippen LogP contribution in [0.2, 0.25) is 5.02 Å². The molecule has 0 aliphatic carbocycles. The van der Waals surface area contributed by atoms with Gasteiger partial charge in [0.05, 0.1) is 18.1 Å². The van der Waals surface area contributed by atoms with Crippen molar-refractivity contribution in [2.24, 2.45) is 5.92 Å². The Morgan fingerprint density at radius 2 is 1.63 bits per heavy atom. The number of carboxylic acids is 1. The number of aromatic carboxylic acids is 1. The summed E-state index contributed by atoms with van der Waals surface area (Å²) in [6.07, 6.45) is 1.19. The van der Waals surface area contributed by atoms with Crippen LogP contribution in [0.4, 0.5) is 0 Å². The van der Waals surface area contributed by atoms with Crippen LogP contribution < -0.4 is 0 Å². The molecule has 1 aliphatic heterocycles. The molecular weight excluding hydrogens is 366 g/mol. The monoisotopic (exact) mass is 387 g/mol. The van der Waals surface area contributed by atoms with E-state index in [4.69, 9.17) is 16.7 Å². The fourth-order valence-electron chi connectivity index (χ4n) is 3.45. The van der Waals surface area contributed by atoms with E-state index in [-0.39, 0.29) is 23.8 Å². The van der Waals surface area contributed by atoms with E-state index in [0.717, 1.165) is 24.0 Å². The van der Waals surface area contributed by atoms with Gasteiger partial charge in [0.1, 0.15) is 0 Å². The predicted molar refractivity (Wildman–Crippen MR) is 103 cm³/mol. The van der Waals surface area contributed by atoms with Crippen molar-refractivity contribution >= 4 is 23.5 Å². The fraction of sp³-hybridized carbons (Fsp3) is 0.333. The molecule has 6 heteroatoms. The van der Waals surface area contributed by atoms with Crippen LogP contribution in [0.5, 0.6) is 0 Å². The summed E-state index contributed by atoms with van der Waals surface area (Å²) in [5.74, 6) is -0.836. The highest BCUT2D eigenvalue weighted by atomic mass is 35.5. The van der Waals surface area contributed by atoms with Gasteiger partial charge in [0.25, 0.3) is 0 Å². The number of aliphatic hydroxyl groups excluding tert-OH is 1. The zero-order chi connectivity index (χ0) is 19.4. The third kappa shape index (κ3) is 4.87. The van der Waals surface area contributed by atoms with E-state index in [1.165, 1.54) is 12.1 Å². The summed E-state index contributed by atoms with van der Waals surface area (Å²) < 4.78 is 0. The molecule has 27 heavy (non-hydrogen) atoms. The van der Waals surface area contributed by atoms with Crippen molar-refractivity contribution in [2.45, 2.75) is 25.4 Å². The zero-order valence-electron chi connectivity index (χ0n) is 14.8. The van der Waals surface area contributed by atoms with E-state index in [9.17, 15) is 14.7 Å².